The van der Waals surface area contributed by atoms with Gasteiger partial charge < -0.3 is 9.84 Å². The highest BCUT2D eigenvalue weighted by Gasteiger charge is 1.97. The Kier molecular flexibility index (Phi) is 11.9. The summed E-state index contributed by atoms with van der Waals surface area (Å²) in [6.45, 7) is 6.06. The second-order valence-corrected chi connectivity index (χ2v) is 4.41. The molecule has 0 aliphatic carbocycles. The van der Waals surface area contributed by atoms with Crippen molar-refractivity contribution in [2.75, 3.05) is 19.8 Å². The predicted octanol–water partition coefficient (Wildman–Crippen LogP) is 3.38. The molecule has 0 saturated carbocycles. The molecular formula is C13H28O2. The highest BCUT2D eigenvalue weighted by molar-refractivity contribution is 4.51. The quantitative estimate of drug-likeness (QED) is 0.536. The standard InChI is InChI=1S/C13H28O2/c1-3-13(2)9-7-5-4-6-8-11-15-12-10-14/h13-14H,3-12H2,1-2H3. The van der Waals surface area contributed by atoms with Gasteiger partial charge in [0.25, 0.3) is 0 Å². The monoisotopic (exact) mass is 216 g/mol. The molecule has 0 radical (unpaired) electrons. The summed E-state index contributed by atoms with van der Waals surface area (Å²) in [5.41, 5.74) is 0. The van der Waals surface area contributed by atoms with Gasteiger partial charge in [0, 0.05) is 6.61 Å². The van der Waals surface area contributed by atoms with Gasteiger partial charge in [0.2, 0.25) is 0 Å². The van der Waals surface area contributed by atoms with Gasteiger partial charge in [-0.05, 0) is 12.3 Å². The Bertz CT molecular complexity index is 115. The molecule has 2 heteroatoms. The zero-order valence-corrected chi connectivity index (χ0v) is 10.5. The second-order valence-electron chi connectivity index (χ2n) is 4.41. The van der Waals surface area contributed by atoms with Gasteiger partial charge in [-0.3, -0.25) is 0 Å². The minimum Gasteiger partial charge on any atom is -0.394 e. The smallest absolute Gasteiger partial charge is 0.0697 e. The fourth-order valence-electron chi connectivity index (χ4n) is 1.60. The molecule has 0 aromatic heterocycles. The first kappa shape index (κ1) is 14.9. The van der Waals surface area contributed by atoms with Crippen molar-refractivity contribution in [1.29, 1.82) is 0 Å². The molecule has 0 aromatic carbocycles. The van der Waals surface area contributed by atoms with E-state index in [1.165, 1.54) is 38.5 Å². The van der Waals surface area contributed by atoms with E-state index in [4.69, 9.17) is 9.84 Å². The average Bonchev–Trinajstić information content (AvgIpc) is 2.26. The summed E-state index contributed by atoms with van der Waals surface area (Å²) < 4.78 is 5.19. The molecule has 1 atom stereocenters. The number of rotatable bonds is 11. The van der Waals surface area contributed by atoms with Crippen LogP contribution in [0.1, 0.15) is 58.8 Å². The number of ether oxygens (including phenoxy) is 1. The van der Waals surface area contributed by atoms with Crippen molar-refractivity contribution < 1.29 is 9.84 Å². The molecule has 0 aromatic rings. The van der Waals surface area contributed by atoms with Crippen LogP contribution in [0.3, 0.4) is 0 Å². The van der Waals surface area contributed by atoms with Crippen LogP contribution in [-0.2, 0) is 4.74 Å². The molecule has 0 rings (SSSR count). The summed E-state index contributed by atoms with van der Waals surface area (Å²) in [4.78, 5) is 0. The Labute approximate surface area is 95.0 Å². The minimum atomic E-state index is 0.148. The summed E-state index contributed by atoms with van der Waals surface area (Å²) in [7, 11) is 0. The van der Waals surface area contributed by atoms with Crippen molar-refractivity contribution in [2.45, 2.75) is 58.8 Å². The Hall–Kier alpha value is -0.0800. The van der Waals surface area contributed by atoms with E-state index >= 15 is 0 Å². The molecule has 15 heavy (non-hydrogen) atoms. The maximum Gasteiger partial charge on any atom is 0.0697 e. The predicted molar refractivity (Wildman–Crippen MR) is 65.1 cm³/mol. The first-order valence-corrected chi connectivity index (χ1v) is 6.49. The molecule has 0 bridgehead atoms. The summed E-state index contributed by atoms with van der Waals surface area (Å²) in [6.07, 6.45) is 9.19. The maximum atomic E-state index is 8.49. The van der Waals surface area contributed by atoms with Gasteiger partial charge in [0.1, 0.15) is 0 Å². The molecule has 1 unspecified atom stereocenters. The molecule has 0 spiro atoms. The summed E-state index contributed by atoms with van der Waals surface area (Å²) in [5.74, 6) is 0.901. The number of unbranched alkanes of at least 4 members (excludes halogenated alkanes) is 4. The van der Waals surface area contributed by atoms with Crippen LogP contribution in [-0.4, -0.2) is 24.9 Å². The number of hydrogen-bond donors (Lipinski definition) is 1. The van der Waals surface area contributed by atoms with E-state index in [2.05, 4.69) is 13.8 Å². The maximum absolute atomic E-state index is 8.49. The molecule has 0 heterocycles. The lowest BCUT2D eigenvalue weighted by atomic mass is 10.0. The zero-order valence-electron chi connectivity index (χ0n) is 10.5. The van der Waals surface area contributed by atoms with Crippen LogP contribution in [0.25, 0.3) is 0 Å². The van der Waals surface area contributed by atoms with E-state index in [9.17, 15) is 0 Å². The van der Waals surface area contributed by atoms with Gasteiger partial charge in [0.05, 0.1) is 13.2 Å². The fraction of sp³-hybridized carbons (Fsp3) is 1.00. The molecule has 2 nitrogen and oxygen atoms in total. The molecular weight excluding hydrogens is 188 g/mol. The SMILES string of the molecule is CCC(C)CCCCCCCOCCO. The fourth-order valence-corrected chi connectivity index (χ4v) is 1.60. The van der Waals surface area contributed by atoms with Crippen molar-refractivity contribution in [3.05, 3.63) is 0 Å². The molecule has 92 valence electrons. The van der Waals surface area contributed by atoms with Gasteiger partial charge in [-0.2, -0.15) is 0 Å². The van der Waals surface area contributed by atoms with Crippen molar-refractivity contribution in [2.24, 2.45) is 5.92 Å². The summed E-state index contributed by atoms with van der Waals surface area (Å²) in [6, 6.07) is 0. The largest absolute Gasteiger partial charge is 0.394 e. The van der Waals surface area contributed by atoms with Crippen LogP contribution in [0, 0.1) is 5.92 Å². The average molecular weight is 216 g/mol. The molecule has 0 aliphatic rings. The molecule has 0 amide bonds. The van der Waals surface area contributed by atoms with Crippen LogP contribution in [0.2, 0.25) is 0 Å². The first-order chi connectivity index (χ1) is 7.31. The third-order valence-electron chi connectivity index (χ3n) is 2.92. The van der Waals surface area contributed by atoms with Crippen molar-refractivity contribution in [3.63, 3.8) is 0 Å². The van der Waals surface area contributed by atoms with Crippen LogP contribution in [0.5, 0.6) is 0 Å². The summed E-state index contributed by atoms with van der Waals surface area (Å²) >= 11 is 0. The first-order valence-electron chi connectivity index (χ1n) is 6.49. The highest BCUT2D eigenvalue weighted by atomic mass is 16.5. The van der Waals surface area contributed by atoms with Crippen LogP contribution < -0.4 is 0 Å². The van der Waals surface area contributed by atoms with E-state index < -0.39 is 0 Å². The number of aliphatic hydroxyl groups excluding tert-OH is 1. The van der Waals surface area contributed by atoms with E-state index in [1.807, 2.05) is 0 Å². The van der Waals surface area contributed by atoms with Gasteiger partial charge in [-0.1, -0.05) is 52.4 Å². The Morgan fingerprint density at radius 2 is 1.67 bits per heavy atom. The Morgan fingerprint density at radius 3 is 2.33 bits per heavy atom. The molecule has 0 fully saturated rings. The minimum absolute atomic E-state index is 0.148. The third kappa shape index (κ3) is 11.8. The number of hydrogen-bond acceptors (Lipinski definition) is 2. The Morgan fingerprint density at radius 1 is 1.00 bits per heavy atom. The topological polar surface area (TPSA) is 29.5 Å². The second kappa shape index (κ2) is 12.0. The van der Waals surface area contributed by atoms with Gasteiger partial charge in [0.15, 0.2) is 0 Å². The normalized spacial score (nSPS) is 13.0. The van der Waals surface area contributed by atoms with Gasteiger partial charge in [-0.25, -0.2) is 0 Å². The molecule has 0 aliphatic heterocycles. The summed E-state index contributed by atoms with van der Waals surface area (Å²) in [5, 5.41) is 8.49. The van der Waals surface area contributed by atoms with Crippen LogP contribution in [0.4, 0.5) is 0 Å². The third-order valence-corrected chi connectivity index (χ3v) is 2.92. The number of aliphatic hydroxyl groups is 1. The van der Waals surface area contributed by atoms with Crippen molar-refractivity contribution in [1.82, 2.24) is 0 Å². The van der Waals surface area contributed by atoms with Crippen LogP contribution in [0.15, 0.2) is 0 Å². The lowest BCUT2D eigenvalue weighted by Gasteiger charge is -2.07. The van der Waals surface area contributed by atoms with Gasteiger partial charge >= 0.3 is 0 Å². The Balaban J connectivity index is 2.92. The lowest BCUT2D eigenvalue weighted by Crippen LogP contribution is -2.00. The lowest BCUT2D eigenvalue weighted by molar-refractivity contribution is 0.0895. The van der Waals surface area contributed by atoms with Gasteiger partial charge in [-0.15, -0.1) is 0 Å². The highest BCUT2D eigenvalue weighted by Crippen LogP contribution is 2.13. The zero-order chi connectivity index (χ0) is 11.4. The van der Waals surface area contributed by atoms with E-state index in [1.54, 1.807) is 0 Å². The van der Waals surface area contributed by atoms with E-state index in [0.29, 0.717) is 6.61 Å². The van der Waals surface area contributed by atoms with Crippen molar-refractivity contribution in [3.8, 4) is 0 Å². The van der Waals surface area contributed by atoms with E-state index in [-0.39, 0.29) is 6.61 Å². The van der Waals surface area contributed by atoms with E-state index in [0.717, 1.165) is 18.9 Å². The molecule has 0 saturated heterocycles. The van der Waals surface area contributed by atoms with Crippen molar-refractivity contribution >= 4 is 0 Å². The molecule has 1 N–H and O–H groups in total. The van der Waals surface area contributed by atoms with Crippen LogP contribution >= 0.6 is 0 Å².